The van der Waals surface area contributed by atoms with Crippen molar-refractivity contribution in [3.05, 3.63) is 71.4 Å². The third kappa shape index (κ3) is 4.49. The van der Waals surface area contributed by atoms with E-state index in [-0.39, 0.29) is 0 Å². The molecule has 6 nitrogen and oxygen atoms in total. The lowest BCUT2D eigenvalue weighted by molar-refractivity contribution is 0.415. The SMILES string of the molecule is COc1ccc(/C(C)=N/Nc2ncc(Cl)c(Nc3ccccc3)n2)cc1. The van der Waals surface area contributed by atoms with Crippen LogP contribution in [0.25, 0.3) is 0 Å². The van der Waals surface area contributed by atoms with E-state index < -0.39 is 0 Å². The van der Waals surface area contributed by atoms with Gasteiger partial charge in [0.25, 0.3) is 0 Å². The molecule has 0 atom stereocenters. The molecule has 3 rings (SSSR count). The Labute approximate surface area is 156 Å². The van der Waals surface area contributed by atoms with Crippen molar-refractivity contribution in [3.8, 4) is 5.75 Å². The van der Waals surface area contributed by atoms with E-state index in [1.165, 1.54) is 6.20 Å². The number of nitrogens with one attached hydrogen (secondary N) is 2. The average molecular weight is 368 g/mol. The number of aromatic nitrogens is 2. The molecule has 26 heavy (non-hydrogen) atoms. The van der Waals surface area contributed by atoms with Gasteiger partial charge in [-0.05, 0) is 48.9 Å². The van der Waals surface area contributed by atoms with Gasteiger partial charge >= 0.3 is 0 Å². The minimum atomic E-state index is 0.348. The highest BCUT2D eigenvalue weighted by Gasteiger charge is 2.06. The first-order valence-corrected chi connectivity index (χ1v) is 8.33. The normalized spacial score (nSPS) is 11.1. The molecule has 2 aromatic carbocycles. The summed E-state index contributed by atoms with van der Waals surface area (Å²) in [4.78, 5) is 8.52. The molecule has 0 aliphatic heterocycles. The van der Waals surface area contributed by atoms with E-state index in [9.17, 15) is 0 Å². The molecule has 0 bridgehead atoms. The fourth-order valence-electron chi connectivity index (χ4n) is 2.20. The molecule has 1 aromatic heterocycles. The lowest BCUT2D eigenvalue weighted by Crippen LogP contribution is -2.04. The Morgan fingerprint density at radius 2 is 1.81 bits per heavy atom. The molecule has 0 aliphatic rings. The maximum absolute atomic E-state index is 6.17. The molecule has 0 spiro atoms. The summed E-state index contributed by atoms with van der Waals surface area (Å²) in [6, 6.07) is 17.3. The van der Waals surface area contributed by atoms with Gasteiger partial charge in [0, 0.05) is 5.69 Å². The number of ether oxygens (including phenoxy) is 1. The summed E-state index contributed by atoms with van der Waals surface area (Å²) in [5.74, 6) is 1.65. The fourth-order valence-corrected chi connectivity index (χ4v) is 2.34. The molecule has 7 heteroatoms. The first-order valence-electron chi connectivity index (χ1n) is 7.95. The third-order valence-corrected chi connectivity index (χ3v) is 3.89. The van der Waals surface area contributed by atoms with Crippen LogP contribution in [-0.4, -0.2) is 22.8 Å². The molecular weight excluding hydrogens is 350 g/mol. The van der Waals surface area contributed by atoms with Crippen LogP contribution in [-0.2, 0) is 0 Å². The lowest BCUT2D eigenvalue weighted by Gasteiger charge is -2.09. The minimum Gasteiger partial charge on any atom is -0.497 e. The Bertz CT molecular complexity index is 898. The van der Waals surface area contributed by atoms with E-state index in [0.717, 1.165) is 22.7 Å². The van der Waals surface area contributed by atoms with Gasteiger partial charge in [-0.3, -0.25) is 0 Å². The van der Waals surface area contributed by atoms with Crippen molar-refractivity contribution in [2.24, 2.45) is 5.10 Å². The largest absolute Gasteiger partial charge is 0.497 e. The van der Waals surface area contributed by atoms with Crippen molar-refractivity contribution in [2.45, 2.75) is 6.92 Å². The molecule has 0 radical (unpaired) electrons. The number of rotatable bonds is 6. The van der Waals surface area contributed by atoms with Crippen molar-refractivity contribution >= 4 is 34.8 Å². The molecule has 0 saturated heterocycles. The Kier molecular flexibility index (Phi) is 5.66. The van der Waals surface area contributed by atoms with Gasteiger partial charge in [-0.2, -0.15) is 10.1 Å². The predicted octanol–water partition coefficient (Wildman–Crippen LogP) is 4.72. The maximum Gasteiger partial charge on any atom is 0.245 e. The number of methoxy groups -OCH3 is 1. The molecule has 2 N–H and O–H groups in total. The maximum atomic E-state index is 6.17. The van der Waals surface area contributed by atoms with Crippen molar-refractivity contribution in [1.29, 1.82) is 0 Å². The Hall–Kier alpha value is -3.12. The smallest absolute Gasteiger partial charge is 0.245 e. The van der Waals surface area contributed by atoms with E-state index in [4.69, 9.17) is 16.3 Å². The van der Waals surface area contributed by atoms with E-state index in [1.807, 2.05) is 61.5 Å². The van der Waals surface area contributed by atoms with Crippen LogP contribution >= 0.6 is 11.6 Å². The van der Waals surface area contributed by atoms with Crippen LogP contribution in [0, 0.1) is 0 Å². The summed E-state index contributed by atoms with van der Waals surface area (Å²) < 4.78 is 5.16. The van der Waals surface area contributed by atoms with Crippen molar-refractivity contribution < 1.29 is 4.74 Å². The fraction of sp³-hybridized carbons (Fsp3) is 0.105. The van der Waals surface area contributed by atoms with Crippen LogP contribution < -0.4 is 15.5 Å². The highest BCUT2D eigenvalue weighted by molar-refractivity contribution is 6.32. The van der Waals surface area contributed by atoms with Crippen LogP contribution in [0.4, 0.5) is 17.5 Å². The standard InChI is InChI=1S/C19H18ClN5O/c1-13(14-8-10-16(26-2)11-9-14)24-25-19-21-12-17(20)18(23-19)22-15-6-4-3-5-7-15/h3-12H,1-2H3,(H2,21,22,23,25)/b24-13+. The van der Waals surface area contributed by atoms with Crippen LogP contribution in [0.5, 0.6) is 5.75 Å². The van der Waals surface area contributed by atoms with Gasteiger partial charge in [0.1, 0.15) is 10.8 Å². The number of anilines is 3. The molecule has 0 amide bonds. The van der Waals surface area contributed by atoms with Gasteiger partial charge in [-0.15, -0.1) is 0 Å². The second-order valence-electron chi connectivity index (χ2n) is 5.42. The molecule has 3 aromatic rings. The molecular formula is C19H18ClN5O. The zero-order valence-corrected chi connectivity index (χ0v) is 15.2. The molecule has 0 saturated carbocycles. The molecule has 0 fully saturated rings. The minimum absolute atomic E-state index is 0.348. The highest BCUT2D eigenvalue weighted by Crippen LogP contribution is 2.23. The van der Waals surface area contributed by atoms with Crippen molar-refractivity contribution in [1.82, 2.24) is 9.97 Å². The van der Waals surface area contributed by atoms with Gasteiger partial charge in [-0.25, -0.2) is 10.4 Å². The number of hydrogen-bond acceptors (Lipinski definition) is 6. The summed E-state index contributed by atoms with van der Waals surface area (Å²) in [6.07, 6.45) is 1.53. The molecule has 0 aliphatic carbocycles. The van der Waals surface area contributed by atoms with Gasteiger partial charge in [0.2, 0.25) is 5.95 Å². The summed E-state index contributed by atoms with van der Waals surface area (Å²) in [5.41, 5.74) is 5.51. The first kappa shape index (κ1) is 17.7. The molecule has 132 valence electrons. The van der Waals surface area contributed by atoms with E-state index >= 15 is 0 Å². The zero-order valence-electron chi connectivity index (χ0n) is 14.4. The Balaban J connectivity index is 1.74. The topological polar surface area (TPSA) is 71.4 Å². The number of hydrazone groups is 1. The van der Waals surface area contributed by atoms with Gasteiger partial charge in [0.15, 0.2) is 5.82 Å². The second kappa shape index (κ2) is 8.31. The number of benzene rings is 2. The van der Waals surface area contributed by atoms with Crippen LogP contribution in [0.15, 0.2) is 65.9 Å². The summed E-state index contributed by atoms with van der Waals surface area (Å²) >= 11 is 6.17. The van der Waals surface area contributed by atoms with E-state index in [2.05, 4.69) is 25.8 Å². The monoisotopic (exact) mass is 367 g/mol. The quantitative estimate of drug-likeness (QED) is 0.487. The number of para-hydroxylation sites is 1. The van der Waals surface area contributed by atoms with Crippen molar-refractivity contribution in [2.75, 3.05) is 17.9 Å². The lowest BCUT2D eigenvalue weighted by atomic mass is 10.1. The molecule has 1 heterocycles. The van der Waals surface area contributed by atoms with Crippen LogP contribution in [0.1, 0.15) is 12.5 Å². The van der Waals surface area contributed by atoms with Crippen LogP contribution in [0.3, 0.4) is 0 Å². The Morgan fingerprint density at radius 3 is 2.50 bits per heavy atom. The van der Waals surface area contributed by atoms with Gasteiger partial charge in [0.05, 0.1) is 19.0 Å². The van der Waals surface area contributed by atoms with Crippen LogP contribution in [0.2, 0.25) is 5.02 Å². The first-order chi connectivity index (χ1) is 12.7. The van der Waals surface area contributed by atoms with E-state index in [0.29, 0.717) is 16.8 Å². The summed E-state index contributed by atoms with van der Waals surface area (Å²) in [5, 5.41) is 7.91. The predicted molar refractivity (Wildman–Crippen MR) is 106 cm³/mol. The van der Waals surface area contributed by atoms with Gasteiger partial charge in [-0.1, -0.05) is 29.8 Å². The highest BCUT2D eigenvalue weighted by atomic mass is 35.5. The average Bonchev–Trinajstić information content (AvgIpc) is 2.69. The number of hydrogen-bond donors (Lipinski definition) is 2. The van der Waals surface area contributed by atoms with E-state index in [1.54, 1.807) is 7.11 Å². The van der Waals surface area contributed by atoms with Gasteiger partial charge < -0.3 is 10.1 Å². The third-order valence-electron chi connectivity index (χ3n) is 3.61. The zero-order chi connectivity index (χ0) is 18.4. The van der Waals surface area contributed by atoms with Crippen molar-refractivity contribution in [3.63, 3.8) is 0 Å². The Morgan fingerprint density at radius 1 is 1.08 bits per heavy atom. The summed E-state index contributed by atoms with van der Waals surface area (Å²) in [6.45, 7) is 1.90. The second-order valence-corrected chi connectivity index (χ2v) is 5.83. The number of halogens is 1. The molecule has 0 unspecified atom stereocenters. The number of nitrogens with zero attached hydrogens (tertiary/aromatic N) is 3. The summed E-state index contributed by atoms with van der Waals surface area (Å²) in [7, 11) is 1.64.